The van der Waals surface area contributed by atoms with Crippen LogP contribution in [0.3, 0.4) is 0 Å². The Balaban J connectivity index is 2.04. The van der Waals surface area contributed by atoms with Gasteiger partial charge in [0.1, 0.15) is 6.26 Å². The summed E-state index contributed by atoms with van der Waals surface area (Å²) in [5.41, 5.74) is 3.20. The van der Waals surface area contributed by atoms with Gasteiger partial charge in [0.05, 0.1) is 12.2 Å². The number of H-pyrrole nitrogens is 1. The Morgan fingerprint density at radius 1 is 1.45 bits per heavy atom. The fourth-order valence-electron chi connectivity index (χ4n) is 2.18. The van der Waals surface area contributed by atoms with Crippen LogP contribution < -0.4 is 0 Å². The van der Waals surface area contributed by atoms with Gasteiger partial charge in [-0.2, -0.15) is 0 Å². The molecule has 0 amide bonds. The van der Waals surface area contributed by atoms with Gasteiger partial charge in [0.15, 0.2) is 5.69 Å². The number of hydrogen-bond acceptors (Lipinski definition) is 4. The zero-order chi connectivity index (χ0) is 14.1. The van der Waals surface area contributed by atoms with Gasteiger partial charge in [0.2, 0.25) is 5.89 Å². The number of nitrogens with one attached hydrogen (secondary N) is 1. The van der Waals surface area contributed by atoms with Gasteiger partial charge in [-0.05, 0) is 19.4 Å². The maximum Gasteiger partial charge on any atom is 0.360 e. The molecule has 0 saturated heterocycles. The average Bonchev–Trinajstić information content (AvgIpc) is 3.05. The SMILES string of the molecule is CCOC(=O)c1coc(-c2c[nH]c3c(C)cccc23)n1. The first-order valence-electron chi connectivity index (χ1n) is 6.40. The lowest BCUT2D eigenvalue weighted by Crippen LogP contribution is -2.04. The lowest BCUT2D eigenvalue weighted by Gasteiger charge is -1.96. The van der Waals surface area contributed by atoms with Crippen molar-refractivity contribution in [1.82, 2.24) is 9.97 Å². The predicted octanol–water partition coefficient (Wildman–Crippen LogP) is 3.31. The van der Waals surface area contributed by atoms with E-state index in [-0.39, 0.29) is 5.69 Å². The molecule has 20 heavy (non-hydrogen) atoms. The molecule has 2 aromatic heterocycles. The van der Waals surface area contributed by atoms with Crippen molar-refractivity contribution in [2.24, 2.45) is 0 Å². The lowest BCUT2D eigenvalue weighted by molar-refractivity contribution is 0.0519. The Morgan fingerprint density at radius 2 is 2.30 bits per heavy atom. The number of carbonyl (C=O) groups is 1. The zero-order valence-corrected chi connectivity index (χ0v) is 11.3. The third-order valence-electron chi connectivity index (χ3n) is 3.14. The van der Waals surface area contributed by atoms with Crippen LogP contribution in [0.15, 0.2) is 35.1 Å². The van der Waals surface area contributed by atoms with Crippen LogP contribution in [0.1, 0.15) is 23.0 Å². The quantitative estimate of drug-likeness (QED) is 0.741. The fraction of sp³-hybridized carbons (Fsp3) is 0.200. The monoisotopic (exact) mass is 270 g/mol. The number of hydrogen-bond donors (Lipinski definition) is 1. The minimum atomic E-state index is -0.474. The number of aromatic nitrogens is 2. The van der Waals surface area contributed by atoms with Crippen LogP contribution in [0.4, 0.5) is 0 Å². The van der Waals surface area contributed by atoms with Crippen molar-refractivity contribution in [3.05, 3.63) is 41.9 Å². The van der Waals surface area contributed by atoms with Crippen LogP contribution in [0.5, 0.6) is 0 Å². The molecule has 0 aliphatic heterocycles. The summed E-state index contributed by atoms with van der Waals surface area (Å²) >= 11 is 0. The first kappa shape index (κ1) is 12.5. The largest absolute Gasteiger partial charge is 0.461 e. The number of ether oxygens (including phenoxy) is 1. The van der Waals surface area contributed by atoms with Crippen LogP contribution in [0, 0.1) is 6.92 Å². The van der Waals surface area contributed by atoms with Crippen molar-refractivity contribution in [2.75, 3.05) is 6.61 Å². The molecule has 0 fully saturated rings. The topological polar surface area (TPSA) is 68.1 Å². The van der Waals surface area contributed by atoms with Crippen LogP contribution in [0.2, 0.25) is 0 Å². The molecule has 102 valence electrons. The standard InChI is InChI=1S/C15H14N2O3/c1-3-19-15(18)12-8-20-14(17-12)11-7-16-13-9(2)5-4-6-10(11)13/h4-8,16H,3H2,1-2H3. The number of aromatic amines is 1. The summed E-state index contributed by atoms with van der Waals surface area (Å²) in [5, 5.41) is 1.02. The molecule has 1 aromatic carbocycles. The van der Waals surface area contributed by atoms with Gasteiger partial charge >= 0.3 is 5.97 Å². The van der Waals surface area contributed by atoms with E-state index in [9.17, 15) is 4.79 Å². The van der Waals surface area contributed by atoms with E-state index in [4.69, 9.17) is 9.15 Å². The van der Waals surface area contributed by atoms with Crippen LogP contribution in [0.25, 0.3) is 22.4 Å². The number of aryl methyl sites for hydroxylation is 1. The number of benzene rings is 1. The van der Waals surface area contributed by atoms with Gasteiger partial charge in [-0.15, -0.1) is 0 Å². The third-order valence-corrected chi connectivity index (χ3v) is 3.14. The Kier molecular flexibility index (Phi) is 3.02. The molecule has 0 radical (unpaired) electrons. The minimum Gasteiger partial charge on any atom is -0.461 e. The highest BCUT2D eigenvalue weighted by Gasteiger charge is 2.17. The molecule has 0 aliphatic rings. The van der Waals surface area contributed by atoms with E-state index in [1.807, 2.05) is 31.3 Å². The van der Waals surface area contributed by atoms with Gasteiger partial charge in [0, 0.05) is 17.1 Å². The summed E-state index contributed by atoms with van der Waals surface area (Å²) in [7, 11) is 0. The Labute approximate surface area is 115 Å². The Bertz CT molecular complexity index is 770. The first-order valence-corrected chi connectivity index (χ1v) is 6.40. The first-order chi connectivity index (χ1) is 9.70. The maximum absolute atomic E-state index is 11.6. The van der Waals surface area contributed by atoms with E-state index < -0.39 is 5.97 Å². The summed E-state index contributed by atoms with van der Waals surface area (Å²) in [6.07, 6.45) is 3.15. The van der Waals surface area contributed by atoms with Crippen LogP contribution in [-0.2, 0) is 4.74 Å². The number of nitrogens with zero attached hydrogens (tertiary/aromatic N) is 1. The highest BCUT2D eigenvalue weighted by atomic mass is 16.5. The number of rotatable bonds is 3. The molecule has 0 unspecified atom stereocenters. The molecule has 0 atom stereocenters. The summed E-state index contributed by atoms with van der Waals surface area (Å²) in [5.74, 6) is -0.0663. The predicted molar refractivity (Wildman–Crippen MR) is 74.5 cm³/mol. The van der Waals surface area contributed by atoms with Crippen LogP contribution in [-0.4, -0.2) is 22.5 Å². The molecule has 2 heterocycles. The van der Waals surface area contributed by atoms with Gasteiger partial charge in [-0.25, -0.2) is 9.78 Å². The molecule has 0 saturated carbocycles. The Morgan fingerprint density at radius 3 is 3.10 bits per heavy atom. The van der Waals surface area contributed by atoms with Crippen molar-refractivity contribution in [3.63, 3.8) is 0 Å². The third kappa shape index (κ3) is 1.97. The van der Waals surface area contributed by atoms with Crippen molar-refractivity contribution in [1.29, 1.82) is 0 Å². The van der Waals surface area contributed by atoms with Gasteiger partial charge in [0.25, 0.3) is 0 Å². The second kappa shape index (κ2) is 4.85. The van der Waals surface area contributed by atoms with Crippen molar-refractivity contribution < 1.29 is 13.9 Å². The smallest absolute Gasteiger partial charge is 0.360 e. The molecule has 5 heteroatoms. The molecule has 0 bridgehead atoms. The second-order valence-electron chi connectivity index (χ2n) is 4.46. The van der Waals surface area contributed by atoms with Gasteiger partial charge in [-0.1, -0.05) is 18.2 Å². The number of oxazole rings is 1. The van der Waals surface area contributed by atoms with Gasteiger partial charge < -0.3 is 14.1 Å². The van der Waals surface area contributed by atoms with E-state index in [1.165, 1.54) is 6.26 Å². The van der Waals surface area contributed by atoms with E-state index in [1.54, 1.807) is 6.92 Å². The number of esters is 1. The highest BCUT2D eigenvalue weighted by molar-refractivity contribution is 5.95. The minimum absolute atomic E-state index is 0.184. The Hall–Kier alpha value is -2.56. The summed E-state index contributed by atoms with van der Waals surface area (Å²) < 4.78 is 10.3. The molecule has 1 N–H and O–H groups in total. The second-order valence-corrected chi connectivity index (χ2v) is 4.46. The molecule has 3 aromatic rings. The summed E-state index contributed by atoms with van der Waals surface area (Å²) in [4.78, 5) is 19.0. The lowest BCUT2D eigenvalue weighted by atomic mass is 10.1. The van der Waals surface area contributed by atoms with E-state index in [2.05, 4.69) is 9.97 Å². The number of fused-ring (bicyclic) bond motifs is 1. The fourth-order valence-corrected chi connectivity index (χ4v) is 2.18. The molecular formula is C15H14N2O3. The molecular weight excluding hydrogens is 256 g/mol. The maximum atomic E-state index is 11.6. The molecule has 0 spiro atoms. The average molecular weight is 270 g/mol. The highest BCUT2D eigenvalue weighted by Crippen LogP contribution is 2.29. The summed E-state index contributed by atoms with van der Waals surface area (Å²) in [6, 6.07) is 5.99. The van der Waals surface area contributed by atoms with E-state index in [0.717, 1.165) is 22.0 Å². The molecule has 5 nitrogen and oxygen atoms in total. The van der Waals surface area contributed by atoms with E-state index >= 15 is 0 Å². The molecule has 3 rings (SSSR count). The number of para-hydroxylation sites is 1. The van der Waals surface area contributed by atoms with Crippen LogP contribution >= 0.6 is 0 Å². The van der Waals surface area contributed by atoms with Crippen molar-refractivity contribution in [2.45, 2.75) is 13.8 Å². The normalized spacial score (nSPS) is 10.9. The van der Waals surface area contributed by atoms with Gasteiger partial charge in [-0.3, -0.25) is 0 Å². The van der Waals surface area contributed by atoms with E-state index in [0.29, 0.717) is 12.5 Å². The zero-order valence-electron chi connectivity index (χ0n) is 11.3. The number of carbonyl (C=O) groups excluding carboxylic acids is 1. The summed E-state index contributed by atoms with van der Waals surface area (Å²) in [6.45, 7) is 4.09. The molecule has 0 aliphatic carbocycles. The van der Waals surface area contributed by atoms with Crippen molar-refractivity contribution in [3.8, 4) is 11.5 Å². The van der Waals surface area contributed by atoms with Crippen molar-refractivity contribution >= 4 is 16.9 Å².